The molecule has 0 atom stereocenters. The van der Waals surface area contributed by atoms with Crippen LogP contribution in [0.4, 0.5) is 13.2 Å². The van der Waals surface area contributed by atoms with Crippen molar-refractivity contribution >= 4 is 17.5 Å². The summed E-state index contributed by atoms with van der Waals surface area (Å²) in [6.07, 6.45) is -4.45. The molecule has 0 aliphatic rings. The third-order valence-corrected chi connectivity index (χ3v) is 3.50. The van der Waals surface area contributed by atoms with Gasteiger partial charge in [-0.05, 0) is 42.8 Å². The SMILES string of the molecule is CCNC(=O)c1ccc(COc2ccc(C(F)(F)F)cc2Cl)cc1. The fourth-order valence-corrected chi connectivity index (χ4v) is 2.21. The third kappa shape index (κ3) is 4.64. The Morgan fingerprint density at radius 3 is 2.38 bits per heavy atom. The molecule has 2 rings (SSSR count). The van der Waals surface area contributed by atoms with Crippen LogP contribution in [-0.4, -0.2) is 12.5 Å². The zero-order valence-electron chi connectivity index (χ0n) is 12.8. The zero-order valence-corrected chi connectivity index (χ0v) is 13.5. The lowest BCUT2D eigenvalue weighted by molar-refractivity contribution is -0.137. The maximum absolute atomic E-state index is 12.6. The first kappa shape index (κ1) is 18.1. The lowest BCUT2D eigenvalue weighted by atomic mass is 10.1. The average molecular weight is 358 g/mol. The van der Waals surface area contributed by atoms with Crippen LogP contribution in [0.5, 0.6) is 5.75 Å². The number of alkyl halides is 3. The number of carbonyl (C=O) groups excluding carboxylic acids is 1. The van der Waals surface area contributed by atoms with E-state index in [1.165, 1.54) is 6.07 Å². The molecular weight excluding hydrogens is 343 g/mol. The molecule has 0 aliphatic heterocycles. The maximum Gasteiger partial charge on any atom is 0.416 e. The number of halogens is 4. The van der Waals surface area contributed by atoms with E-state index in [1.807, 2.05) is 6.92 Å². The highest BCUT2D eigenvalue weighted by Gasteiger charge is 2.31. The van der Waals surface area contributed by atoms with E-state index in [4.69, 9.17) is 16.3 Å². The molecule has 0 saturated heterocycles. The first-order valence-corrected chi connectivity index (χ1v) is 7.55. The first-order chi connectivity index (χ1) is 11.3. The average Bonchev–Trinajstić information content (AvgIpc) is 2.53. The number of ether oxygens (including phenoxy) is 1. The van der Waals surface area contributed by atoms with Gasteiger partial charge in [-0.3, -0.25) is 4.79 Å². The maximum atomic E-state index is 12.6. The molecule has 3 nitrogen and oxygen atoms in total. The Bertz CT molecular complexity index is 715. The van der Waals surface area contributed by atoms with Crippen LogP contribution in [0.15, 0.2) is 42.5 Å². The van der Waals surface area contributed by atoms with Crippen molar-refractivity contribution in [2.75, 3.05) is 6.54 Å². The number of carbonyl (C=O) groups is 1. The van der Waals surface area contributed by atoms with Crippen molar-refractivity contribution in [2.45, 2.75) is 19.7 Å². The monoisotopic (exact) mass is 357 g/mol. The summed E-state index contributed by atoms with van der Waals surface area (Å²) in [5.74, 6) is -0.00628. The molecule has 1 N–H and O–H groups in total. The van der Waals surface area contributed by atoms with Crippen LogP contribution in [0.2, 0.25) is 5.02 Å². The smallest absolute Gasteiger partial charge is 0.416 e. The highest BCUT2D eigenvalue weighted by Crippen LogP contribution is 2.34. The Kier molecular flexibility index (Phi) is 5.72. The molecule has 0 heterocycles. The van der Waals surface area contributed by atoms with Gasteiger partial charge in [0.1, 0.15) is 12.4 Å². The van der Waals surface area contributed by atoms with Crippen molar-refractivity contribution < 1.29 is 22.7 Å². The Hall–Kier alpha value is -2.21. The van der Waals surface area contributed by atoms with Gasteiger partial charge in [0.05, 0.1) is 10.6 Å². The minimum Gasteiger partial charge on any atom is -0.487 e. The Morgan fingerprint density at radius 2 is 1.83 bits per heavy atom. The highest BCUT2D eigenvalue weighted by atomic mass is 35.5. The van der Waals surface area contributed by atoms with Crippen LogP contribution < -0.4 is 10.1 Å². The summed E-state index contributed by atoms with van der Waals surface area (Å²) in [7, 11) is 0. The van der Waals surface area contributed by atoms with E-state index >= 15 is 0 Å². The minimum atomic E-state index is -4.45. The van der Waals surface area contributed by atoms with Crippen molar-refractivity contribution in [3.05, 3.63) is 64.2 Å². The minimum absolute atomic E-state index is 0.108. The Balaban J connectivity index is 2.02. The molecule has 0 fully saturated rings. The van der Waals surface area contributed by atoms with Crippen LogP contribution in [-0.2, 0) is 12.8 Å². The second-order valence-electron chi connectivity index (χ2n) is 4.99. The molecule has 2 aromatic rings. The third-order valence-electron chi connectivity index (χ3n) is 3.21. The lowest BCUT2D eigenvalue weighted by Gasteiger charge is -2.11. The van der Waals surface area contributed by atoms with Crippen molar-refractivity contribution in [3.63, 3.8) is 0 Å². The Labute approximate surface area is 142 Å². The predicted octanol–water partition coefficient (Wildman–Crippen LogP) is 4.69. The summed E-state index contributed by atoms with van der Waals surface area (Å²) in [6.45, 7) is 2.49. The van der Waals surface area contributed by atoms with Gasteiger partial charge in [-0.1, -0.05) is 23.7 Å². The lowest BCUT2D eigenvalue weighted by Crippen LogP contribution is -2.22. The van der Waals surface area contributed by atoms with Crippen LogP contribution in [0.3, 0.4) is 0 Å². The fraction of sp³-hybridized carbons (Fsp3) is 0.235. The van der Waals surface area contributed by atoms with Gasteiger partial charge in [0.2, 0.25) is 0 Å². The van der Waals surface area contributed by atoms with Crippen LogP contribution in [0.25, 0.3) is 0 Å². The first-order valence-electron chi connectivity index (χ1n) is 7.18. The van der Waals surface area contributed by atoms with E-state index in [1.54, 1.807) is 24.3 Å². The topological polar surface area (TPSA) is 38.3 Å². The molecular formula is C17H15ClF3NO2. The van der Waals surface area contributed by atoms with Crippen LogP contribution in [0.1, 0.15) is 28.4 Å². The van der Waals surface area contributed by atoms with E-state index in [0.29, 0.717) is 12.1 Å². The van der Waals surface area contributed by atoms with Crippen molar-refractivity contribution in [1.82, 2.24) is 5.32 Å². The predicted molar refractivity (Wildman–Crippen MR) is 85.2 cm³/mol. The molecule has 1 amide bonds. The standard InChI is InChI=1S/C17H15ClF3NO2/c1-2-22-16(23)12-5-3-11(4-6-12)10-24-15-8-7-13(9-14(15)18)17(19,20)21/h3-9H,2,10H2,1H3,(H,22,23). The number of amides is 1. The number of hydrogen-bond donors (Lipinski definition) is 1. The van der Waals surface area contributed by atoms with Gasteiger partial charge >= 0.3 is 6.18 Å². The largest absolute Gasteiger partial charge is 0.487 e. The van der Waals surface area contributed by atoms with E-state index in [2.05, 4.69) is 5.32 Å². The molecule has 128 valence electrons. The molecule has 0 radical (unpaired) electrons. The zero-order chi connectivity index (χ0) is 17.7. The number of rotatable bonds is 5. The van der Waals surface area contributed by atoms with Gasteiger partial charge in [0.25, 0.3) is 5.91 Å². The molecule has 0 aliphatic carbocycles. The second-order valence-corrected chi connectivity index (χ2v) is 5.40. The van der Waals surface area contributed by atoms with Gasteiger partial charge in [-0.2, -0.15) is 13.2 Å². The van der Waals surface area contributed by atoms with Crippen LogP contribution >= 0.6 is 11.6 Å². The van der Waals surface area contributed by atoms with E-state index in [0.717, 1.165) is 17.7 Å². The summed E-state index contributed by atoms with van der Waals surface area (Å²) in [5, 5.41) is 2.58. The van der Waals surface area contributed by atoms with Crippen molar-refractivity contribution in [3.8, 4) is 5.75 Å². The van der Waals surface area contributed by atoms with Gasteiger partial charge in [0.15, 0.2) is 0 Å². The highest BCUT2D eigenvalue weighted by molar-refractivity contribution is 6.32. The van der Waals surface area contributed by atoms with Crippen molar-refractivity contribution in [1.29, 1.82) is 0 Å². The summed E-state index contributed by atoms with van der Waals surface area (Å²) >= 11 is 5.83. The molecule has 0 spiro atoms. The fourth-order valence-electron chi connectivity index (χ4n) is 1.97. The molecule has 0 unspecified atom stereocenters. The summed E-state index contributed by atoms with van der Waals surface area (Å²) in [5.41, 5.74) is 0.457. The van der Waals surface area contributed by atoms with Gasteiger partial charge in [-0.15, -0.1) is 0 Å². The molecule has 0 bridgehead atoms. The summed E-state index contributed by atoms with van der Waals surface area (Å²) in [6, 6.07) is 9.66. The van der Waals surface area contributed by atoms with Crippen molar-refractivity contribution in [2.24, 2.45) is 0 Å². The normalized spacial score (nSPS) is 11.2. The van der Waals surface area contributed by atoms with E-state index in [-0.39, 0.29) is 23.3 Å². The molecule has 7 heteroatoms. The molecule has 0 aromatic heterocycles. The summed E-state index contributed by atoms with van der Waals surface area (Å²) in [4.78, 5) is 11.6. The van der Waals surface area contributed by atoms with Crippen LogP contribution in [0, 0.1) is 0 Å². The quantitative estimate of drug-likeness (QED) is 0.843. The van der Waals surface area contributed by atoms with E-state index < -0.39 is 11.7 Å². The second kappa shape index (κ2) is 7.57. The molecule has 0 saturated carbocycles. The Morgan fingerprint density at radius 1 is 1.17 bits per heavy atom. The van der Waals surface area contributed by atoms with Gasteiger partial charge in [-0.25, -0.2) is 0 Å². The summed E-state index contributed by atoms with van der Waals surface area (Å²) < 4.78 is 43.2. The number of nitrogens with one attached hydrogen (secondary N) is 1. The number of benzene rings is 2. The van der Waals surface area contributed by atoms with Gasteiger partial charge in [0, 0.05) is 12.1 Å². The number of hydrogen-bond acceptors (Lipinski definition) is 2. The molecule has 24 heavy (non-hydrogen) atoms. The molecule has 2 aromatic carbocycles. The van der Waals surface area contributed by atoms with Gasteiger partial charge < -0.3 is 10.1 Å². The van der Waals surface area contributed by atoms with E-state index in [9.17, 15) is 18.0 Å².